The highest BCUT2D eigenvalue weighted by atomic mass is 16.5. The smallest absolute Gasteiger partial charge is 0.172 e. The number of carbonyl (C=O) groups is 1. The van der Waals surface area contributed by atoms with Crippen molar-refractivity contribution in [2.75, 3.05) is 40.4 Å². The van der Waals surface area contributed by atoms with Gasteiger partial charge in [-0.3, -0.25) is 14.6 Å². The van der Waals surface area contributed by atoms with Crippen LogP contribution >= 0.6 is 0 Å². The van der Waals surface area contributed by atoms with Crippen LogP contribution in [-0.4, -0.2) is 68.1 Å². The van der Waals surface area contributed by atoms with Crippen molar-refractivity contribution in [3.05, 3.63) is 0 Å². The minimum atomic E-state index is 0.197. The van der Waals surface area contributed by atoms with Gasteiger partial charge in [-0.05, 0) is 26.3 Å². The average Bonchev–Trinajstić information content (AvgIpc) is 2.47. The standard InChI is InChI=1S/C12H22N2O2/c1-13-10-3-4-11(13)7-14(6-5-10)8-12(15)9-16-2/h10-11H,3-9H2,1-2H3. The highest BCUT2D eigenvalue weighted by Gasteiger charge is 2.34. The van der Waals surface area contributed by atoms with Crippen LogP contribution in [0.3, 0.4) is 0 Å². The molecule has 2 saturated heterocycles. The van der Waals surface area contributed by atoms with Gasteiger partial charge in [0, 0.05) is 32.3 Å². The van der Waals surface area contributed by atoms with Gasteiger partial charge in [0.1, 0.15) is 6.61 Å². The Morgan fingerprint density at radius 3 is 2.81 bits per heavy atom. The number of rotatable bonds is 4. The van der Waals surface area contributed by atoms with E-state index < -0.39 is 0 Å². The summed E-state index contributed by atoms with van der Waals surface area (Å²) >= 11 is 0. The van der Waals surface area contributed by atoms with Crippen LogP contribution in [0.2, 0.25) is 0 Å². The van der Waals surface area contributed by atoms with Crippen LogP contribution in [0.5, 0.6) is 0 Å². The number of likely N-dealkylation sites (tertiary alicyclic amines) is 1. The number of carbonyl (C=O) groups excluding carboxylic acids is 1. The van der Waals surface area contributed by atoms with E-state index in [1.807, 2.05) is 0 Å². The maximum Gasteiger partial charge on any atom is 0.172 e. The molecular formula is C12H22N2O2. The van der Waals surface area contributed by atoms with Crippen molar-refractivity contribution in [2.45, 2.75) is 31.3 Å². The Kier molecular flexibility index (Phi) is 3.95. The molecular weight excluding hydrogens is 204 g/mol. The van der Waals surface area contributed by atoms with E-state index in [2.05, 4.69) is 16.8 Å². The van der Waals surface area contributed by atoms with E-state index in [-0.39, 0.29) is 12.4 Å². The molecule has 0 spiro atoms. The third-order valence-corrected chi connectivity index (χ3v) is 3.94. The summed E-state index contributed by atoms with van der Waals surface area (Å²) in [6.45, 7) is 2.91. The molecule has 0 N–H and O–H groups in total. The van der Waals surface area contributed by atoms with Crippen molar-refractivity contribution in [2.24, 2.45) is 0 Å². The second kappa shape index (κ2) is 5.25. The monoisotopic (exact) mass is 226 g/mol. The zero-order valence-corrected chi connectivity index (χ0v) is 10.3. The molecule has 0 radical (unpaired) electrons. The summed E-state index contributed by atoms with van der Waals surface area (Å²) in [6, 6.07) is 1.40. The van der Waals surface area contributed by atoms with Gasteiger partial charge in [-0.2, -0.15) is 0 Å². The van der Waals surface area contributed by atoms with Gasteiger partial charge in [0.2, 0.25) is 0 Å². The average molecular weight is 226 g/mol. The third-order valence-electron chi connectivity index (χ3n) is 3.94. The van der Waals surface area contributed by atoms with E-state index in [4.69, 9.17) is 4.74 Å². The fourth-order valence-corrected chi connectivity index (χ4v) is 2.98. The van der Waals surface area contributed by atoms with Crippen LogP contribution in [0.4, 0.5) is 0 Å². The van der Waals surface area contributed by atoms with Gasteiger partial charge in [0.05, 0.1) is 6.54 Å². The van der Waals surface area contributed by atoms with Crippen LogP contribution in [0.1, 0.15) is 19.3 Å². The molecule has 0 aromatic heterocycles. The first kappa shape index (κ1) is 12.0. The molecule has 4 heteroatoms. The summed E-state index contributed by atoms with van der Waals surface area (Å²) < 4.78 is 4.87. The summed E-state index contributed by atoms with van der Waals surface area (Å²) in [4.78, 5) is 16.3. The molecule has 2 atom stereocenters. The van der Waals surface area contributed by atoms with Crippen LogP contribution < -0.4 is 0 Å². The first-order chi connectivity index (χ1) is 7.70. The highest BCUT2D eigenvalue weighted by molar-refractivity contribution is 5.81. The van der Waals surface area contributed by atoms with Crippen molar-refractivity contribution in [3.8, 4) is 0 Å². The number of ketones is 1. The Morgan fingerprint density at radius 2 is 2.06 bits per heavy atom. The molecule has 2 aliphatic rings. The summed E-state index contributed by atoms with van der Waals surface area (Å²) in [6.07, 6.45) is 3.82. The number of hydrogen-bond acceptors (Lipinski definition) is 4. The van der Waals surface area contributed by atoms with Gasteiger partial charge in [-0.1, -0.05) is 0 Å². The van der Waals surface area contributed by atoms with Crippen molar-refractivity contribution in [3.63, 3.8) is 0 Å². The molecule has 0 aromatic carbocycles. The van der Waals surface area contributed by atoms with E-state index in [9.17, 15) is 4.79 Å². The molecule has 0 aromatic rings. The molecule has 2 rings (SSSR count). The van der Waals surface area contributed by atoms with Crippen molar-refractivity contribution >= 4 is 5.78 Å². The number of hydrogen-bond donors (Lipinski definition) is 0. The first-order valence-corrected chi connectivity index (χ1v) is 6.15. The van der Waals surface area contributed by atoms with Gasteiger partial charge in [0.15, 0.2) is 5.78 Å². The third kappa shape index (κ3) is 2.62. The topological polar surface area (TPSA) is 32.8 Å². The van der Waals surface area contributed by atoms with Crippen LogP contribution in [-0.2, 0) is 9.53 Å². The Balaban J connectivity index is 1.86. The Morgan fingerprint density at radius 1 is 1.31 bits per heavy atom. The number of nitrogens with zero attached hydrogens (tertiary/aromatic N) is 2. The minimum absolute atomic E-state index is 0.197. The molecule has 2 fully saturated rings. The Labute approximate surface area is 97.5 Å². The lowest BCUT2D eigenvalue weighted by Gasteiger charge is -2.24. The summed E-state index contributed by atoms with van der Waals surface area (Å²) in [5.41, 5.74) is 0. The van der Waals surface area contributed by atoms with Gasteiger partial charge in [0.25, 0.3) is 0 Å². The largest absolute Gasteiger partial charge is 0.377 e. The molecule has 0 aliphatic carbocycles. The van der Waals surface area contributed by atoms with Gasteiger partial charge in [-0.15, -0.1) is 0 Å². The molecule has 2 bridgehead atoms. The van der Waals surface area contributed by atoms with Gasteiger partial charge < -0.3 is 4.74 Å². The highest BCUT2D eigenvalue weighted by Crippen LogP contribution is 2.28. The molecule has 2 heterocycles. The van der Waals surface area contributed by atoms with Crippen LogP contribution in [0.25, 0.3) is 0 Å². The molecule has 2 unspecified atom stereocenters. The van der Waals surface area contributed by atoms with Crippen molar-refractivity contribution in [1.29, 1.82) is 0 Å². The fourth-order valence-electron chi connectivity index (χ4n) is 2.98. The van der Waals surface area contributed by atoms with E-state index in [1.54, 1.807) is 7.11 Å². The minimum Gasteiger partial charge on any atom is -0.377 e. The number of Topliss-reactive ketones (excluding diaryl/α,β-unsaturated/α-hetero) is 1. The van der Waals surface area contributed by atoms with Crippen molar-refractivity contribution < 1.29 is 9.53 Å². The zero-order valence-electron chi connectivity index (χ0n) is 10.3. The van der Waals surface area contributed by atoms with Crippen LogP contribution in [0.15, 0.2) is 0 Å². The maximum absolute atomic E-state index is 11.5. The summed E-state index contributed by atoms with van der Waals surface area (Å²) in [5.74, 6) is 0.197. The van der Waals surface area contributed by atoms with Gasteiger partial charge >= 0.3 is 0 Å². The normalized spacial score (nSPS) is 31.6. The van der Waals surface area contributed by atoms with E-state index >= 15 is 0 Å². The van der Waals surface area contributed by atoms with E-state index in [0.29, 0.717) is 12.6 Å². The predicted molar refractivity (Wildman–Crippen MR) is 62.5 cm³/mol. The quantitative estimate of drug-likeness (QED) is 0.693. The lowest BCUT2D eigenvalue weighted by molar-refractivity contribution is -0.123. The zero-order chi connectivity index (χ0) is 11.5. The Hall–Kier alpha value is -0.450. The van der Waals surface area contributed by atoms with E-state index in [0.717, 1.165) is 19.1 Å². The summed E-state index contributed by atoms with van der Waals surface area (Å²) in [7, 11) is 3.80. The molecule has 0 saturated carbocycles. The number of likely N-dealkylation sites (N-methyl/N-ethyl adjacent to an activating group) is 1. The molecule has 2 aliphatic heterocycles. The SMILES string of the molecule is COCC(=O)CN1CCC2CCC(C1)N2C. The Bertz CT molecular complexity index is 257. The van der Waals surface area contributed by atoms with E-state index in [1.165, 1.54) is 19.3 Å². The molecule has 4 nitrogen and oxygen atoms in total. The number of ether oxygens (including phenoxy) is 1. The van der Waals surface area contributed by atoms with Crippen molar-refractivity contribution in [1.82, 2.24) is 9.80 Å². The lowest BCUT2D eigenvalue weighted by atomic mass is 10.1. The molecule has 92 valence electrons. The first-order valence-electron chi connectivity index (χ1n) is 6.15. The van der Waals surface area contributed by atoms with Crippen LogP contribution in [0, 0.1) is 0 Å². The van der Waals surface area contributed by atoms with Gasteiger partial charge in [-0.25, -0.2) is 0 Å². The molecule has 16 heavy (non-hydrogen) atoms. The maximum atomic E-state index is 11.5. The predicted octanol–water partition coefficient (Wildman–Crippen LogP) is 0.370. The fraction of sp³-hybridized carbons (Fsp3) is 0.917. The summed E-state index contributed by atoms with van der Waals surface area (Å²) in [5, 5.41) is 0. The number of methoxy groups -OCH3 is 1. The second-order valence-electron chi connectivity index (χ2n) is 5.05. The second-order valence-corrected chi connectivity index (χ2v) is 5.05. The number of fused-ring (bicyclic) bond motifs is 2. The molecule has 0 amide bonds. The lowest BCUT2D eigenvalue weighted by Crippen LogP contribution is -2.39.